The maximum atomic E-state index is 12.7. The number of rotatable bonds is 7. The topological polar surface area (TPSA) is 93.0 Å². The predicted octanol–water partition coefficient (Wildman–Crippen LogP) is 2.91. The lowest BCUT2D eigenvalue weighted by Gasteiger charge is -2.35. The number of methoxy groups -OCH3 is 1. The van der Waals surface area contributed by atoms with Crippen LogP contribution in [0, 0.1) is 10.1 Å². The van der Waals surface area contributed by atoms with Gasteiger partial charge in [-0.15, -0.1) is 0 Å². The minimum absolute atomic E-state index is 0.0955. The van der Waals surface area contributed by atoms with Crippen LogP contribution in [0.2, 0.25) is 0 Å². The first-order valence-corrected chi connectivity index (χ1v) is 9.93. The number of amides is 2. The van der Waals surface area contributed by atoms with E-state index < -0.39 is 4.92 Å². The van der Waals surface area contributed by atoms with Crippen molar-refractivity contribution in [1.82, 2.24) is 9.80 Å². The Balaban J connectivity index is 1.51. The molecular weight excluding hydrogens is 386 g/mol. The van der Waals surface area contributed by atoms with E-state index in [0.717, 1.165) is 12.8 Å². The Labute approximate surface area is 175 Å². The van der Waals surface area contributed by atoms with Gasteiger partial charge in [0.2, 0.25) is 5.91 Å². The smallest absolute Gasteiger partial charge is 0.311 e. The Hall–Kier alpha value is -3.42. The van der Waals surface area contributed by atoms with E-state index in [0.29, 0.717) is 32.6 Å². The van der Waals surface area contributed by atoms with Gasteiger partial charge in [0.25, 0.3) is 5.91 Å². The molecule has 0 atom stereocenters. The number of piperazine rings is 1. The van der Waals surface area contributed by atoms with Gasteiger partial charge >= 0.3 is 5.69 Å². The molecule has 0 radical (unpaired) electrons. The second-order valence-electron chi connectivity index (χ2n) is 7.16. The van der Waals surface area contributed by atoms with Gasteiger partial charge in [-0.3, -0.25) is 19.7 Å². The third kappa shape index (κ3) is 5.14. The zero-order chi connectivity index (χ0) is 21.5. The lowest BCUT2D eigenvalue weighted by Crippen LogP contribution is -2.50. The Morgan fingerprint density at radius 1 is 1.03 bits per heavy atom. The summed E-state index contributed by atoms with van der Waals surface area (Å²) in [6, 6.07) is 14.3. The third-order valence-corrected chi connectivity index (χ3v) is 5.24. The summed E-state index contributed by atoms with van der Waals surface area (Å²) in [4.78, 5) is 39.2. The highest BCUT2D eigenvalue weighted by atomic mass is 16.6. The van der Waals surface area contributed by atoms with Crippen LogP contribution in [0.5, 0.6) is 5.75 Å². The minimum Gasteiger partial charge on any atom is -0.490 e. The molecule has 1 saturated heterocycles. The lowest BCUT2D eigenvalue weighted by molar-refractivity contribution is -0.385. The molecule has 0 bridgehead atoms. The predicted molar refractivity (Wildman–Crippen MR) is 112 cm³/mol. The second kappa shape index (κ2) is 9.87. The van der Waals surface area contributed by atoms with Gasteiger partial charge in [-0.25, -0.2) is 0 Å². The SMILES string of the molecule is COc1ccc(C(=O)N2CCN(C(=O)CCCc3ccccc3)CC2)cc1[N+](=O)[O-]. The van der Waals surface area contributed by atoms with Gasteiger partial charge in [-0.05, 0) is 30.5 Å². The van der Waals surface area contributed by atoms with Crippen LogP contribution in [0.3, 0.4) is 0 Å². The summed E-state index contributed by atoms with van der Waals surface area (Å²) in [6.45, 7) is 1.74. The summed E-state index contributed by atoms with van der Waals surface area (Å²) in [5.41, 5.74) is 1.22. The highest BCUT2D eigenvalue weighted by Crippen LogP contribution is 2.28. The quantitative estimate of drug-likeness (QED) is 0.516. The first-order chi connectivity index (χ1) is 14.5. The summed E-state index contributed by atoms with van der Waals surface area (Å²) in [5, 5.41) is 11.2. The number of carbonyl (C=O) groups is 2. The number of hydrogen-bond acceptors (Lipinski definition) is 5. The maximum Gasteiger partial charge on any atom is 0.311 e. The van der Waals surface area contributed by atoms with E-state index in [1.54, 1.807) is 9.80 Å². The molecule has 8 nitrogen and oxygen atoms in total. The van der Waals surface area contributed by atoms with Crippen molar-refractivity contribution in [2.75, 3.05) is 33.3 Å². The van der Waals surface area contributed by atoms with Crippen molar-refractivity contribution >= 4 is 17.5 Å². The molecule has 2 amide bonds. The monoisotopic (exact) mass is 411 g/mol. The standard InChI is InChI=1S/C22H25N3O5/c1-30-20-11-10-18(16-19(20)25(28)29)22(27)24-14-12-23(13-15-24)21(26)9-5-8-17-6-3-2-4-7-17/h2-4,6-7,10-11,16H,5,8-9,12-15H2,1H3. The molecule has 8 heteroatoms. The van der Waals surface area contributed by atoms with Crippen molar-refractivity contribution in [2.24, 2.45) is 0 Å². The average molecular weight is 411 g/mol. The molecule has 3 rings (SSSR count). The molecule has 158 valence electrons. The van der Waals surface area contributed by atoms with Crippen LogP contribution in [0.25, 0.3) is 0 Å². The number of ether oxygens (including phenoxy) is 1. The van der Waals surface area contributed by atoms with Crippen molar-refractivity contribution in [1.29, 1.82) is 0 Å². The van der Waals surface area contributed by atoms with Crippen LogP contribution in [0.4, 0.5) is 5.69 Å². The molecule has 0 spiro atoms. The van der Waals surface area contributed by atoms with Gasteiger partial charge in [-0.1, -0.05) is 30.3 Å². The molecule has 1 aliphatic rings. The lowest BCUT2D eigenvalue weighted by atomic mass is 10.1. The summed E-state index contributed by atoms with van der Waals surface area (Å²) in [5.74, 6) is -0.0717. The van der Waals surface area contributed by atoms with Crippen LogP contribution in [0.1, 0.15) is 28.8 Å². The summed E-state index contributed by atoms with van der Waals surface area (Å²) >= 11 is 0. The maximum absolute atomic E-state index is 12.7. The van der Waals surface area contributed by atoms with E-state index in [1.807, 2.05) is 18.2 Å². The van der Waals surface area contributed by atoms with Crippen molar-refractivity contribution < 1.29 is 19.2 Å². The molecule has 0 unspecified atom stereocenters. The Kier molecular flexibility index (Phi) is 7.00. The first-order valence-electron chi connectivity index (χ1n) is 9.93. The van der Waals surface area contributed by atoms with Gasteiger partial charge in [0.1, 0.15) is 0 Å². The first kappa shape index (κ1) is 21.3. The molecule has 0 saturated carbocycles. The zero-order valence-electron chi connectivity index (χ0n) is 17.0. The number of nitro groups is 1. The number of hydrogen-bond donors (Lipinski definition) is 0. The van der Waals surface area contributed by atoms with Gasteiger partial charge in [0, 0.05) is 44.2 Å². The molecule has 2 aromatic rings. The third-order valence-electron chi connectivity index (χ3n) is 5.24. The second-order valence-corrected chi connectivity index (χ2v) is 7.16. The molecule has 2 aromatic carbocycles. The van der Waals surface area contributed by atoms with Crippen LogP contribution in [-0.2, 0) is 11.2 Å². The van der Waals surface area contributed by atoms with Crippen LogP contribution in [0.15, 0.2) is 48.5 Å². The van der Waals surface area contributed by atoms with E-state index in [2.05, 4.69) is 12.1 Å². The highest BCUT2D eigenvalue weighted by Gasteiger charge is 2.26. The van der Waals surface area contributed by atoms with Crippen LogP contribution in [-0.4, -0.2) is 59.8 Å². The number of nitro benzene ring substituents is 1. The summed E-state index contributed by atoms with van der Waals surface area (Å²) < 4.78 is 4.98. The van der Waals surface area contributed by atoms with E-state index in [4.69, 9.17) is 4.74 Å². The molecule has 0 aromatic heterocycles. The number of nitrogens with zero attached hydrogens (tertiary/aromatic N) is 3. The largest absolute Gasteiger partial charge is 0.490 e. The van der Waals surface area contributed by atoms with Crippen molar-refractivity contribution in [3.8, 4) is 5.75 Å². The Morgan fingerprint density at radius 3 is 2.33 bits per heavy atom. The molecule has 0 N–H and O–H groups in total. The Morgan fingerprint density at radius 2 is 1.70 bits per heavy atom. The van der Waals surface area contributed by atoms with E-state index >= 15 is 0 Å². The molecule has 0 aliphatic carbocycles. The van der Waals surface area contributed by atoms with Gasteiger partial charge in [0.05, 0.1) is 12.0 Å². The van der Waals surface area contributed by atoms with E-state index in [1.165, 1.54) is 30.9 Å². The fourth-order valence-electron chi connectivity index (χ4n) is 3.55. The van der Waals surface area contributed by atoms with Crippen molar-refractivity contribution in [3.63, 3.8) is 0 Å². The van der Waals surface area contributed by atoms with Crippen LogP contribution >= 0.6 is 0 Å². The Bertz CT molecular complexity index is 908. The molecule has 1 heterocycles. The van der Waals surface area contributed by atoms with Gasteiger partial charge in [-0.2, -0.15) is 0 Å². The van der Waals surface area contributed by atoms with Crippen molar-refractivity contribution in [2.45, 2.75) is 19.3 Å². The summed E-state index contributed by atoms with van der Waals surface area (Å²) in [6.07, 6.45) is 2.13. The normalized spacial score (nSPS) is 13.8. The molecule has 1 aliphatic heterocycles. The van der Waals surface area contributed by atoms with Gasteiger partial charge < -0.3 is 14.5 Å². The zero-order valence-corrected chi connectivity index (χ0v) is 17.0. The molecular formula is C22H25N3O5. The fraction of sp³-hybridized carbons (Fsp3) is 0.364. The van der Waals surface area contributed by atoms with Crippen LogP contribution < -0.4 is 4.74 Å². The molecule has 30 heavy (non-hydrogen) atoms. The highest BCUT2D eigenvalue weighted by molar-refractivity contribution is 5.95. The number of aryl methyl sites for hydroxylation is 1. The average Bonchev–Trinajstić information content (AvgIpc) is 2.78. The minimum atomic E-state index is -0.568. The van der Waals surface area contributed by atoms with E-state index in [-0.39, 0.29) is 28.8 Å². The molecule has 1 fully saturated rings. The summed E-state index contributed by atoms with van der Waals surface area (Å²) in [7, 11) is 1.35. The van der Waals surface area contributed by atoms with Gasteiger partial charge in [0.15, 0.2) is 5.75 Å². The number of benzene rings is 2. The van der Waals surface area contributed by atoms with E-state index in [9.17, 15) is 19.7 Å². The fourth-order valence-corrected chi connectivity index (χ4v) is 3.55. The van der Waals surface area contributed by atoms with Crippen molar-refractivity contribution in [3.05, 3.63) is 69.8 Å². The number of carbonyl (C=O) groups excluding carboxylic acids is 2.